The average molecular weight is 367 g/mol. The van der Waals surface area contributed by atoms with Crippen LogP contribution in [0.3, 0.4) is 0 Å². The highest BCUT2D eigenvalue weighted by Gasteiger charge is 2.21. The monoisotopic (exact) mass is 367 g/mol. The van der Waals surface area contributed by atoms with Gasteiger partial charge in [0.2, 0.25) is 0 Å². The first-order chi connectivity index (χ1) is 12.7. The highest BCUT2D eigenvalue weighted by Crippen LogP contribution is 2.34. The van der Waals surface area contributed by atoms with Crippen LogP contribution in [0.5, 0.6) is 17.2 Å². The second-order valence-corrected chi connectivity index (χ2v) is 5.71. The molecule has 0 saturated carbocycles. The molecule has 1 aromatic heterocycles. The van der Waals surface area contributed by atoms with Crippen LogP contribution in [0.25, 0.3) is 16.5 Å². The van der Waals surface area contributed by atoms with Gasteiger partial charge in [0.25, 0.3) is 0 Å². The van der Waals surface area contributed by atoms with E-state index in [0.29, 0.717) is 11.1 Å². The molecule has 0 spiro atoms. The van der Waals surface area contributed by atoms with Crippen LogP contribution in [-0.2, 0) is 0 Å². The SMILES string of the molecule is C=C(c1ccc(O)c(O)c1)c1ccc2c(C(=O)O)cc(C(=O)O)c(O)c2n1. The average Bonchev–Trinajstić information content (AvgIpc) is 2.63. The molecular weight excluding hydrogens is 354 g/mol. The fourth-order valence-electron chi connectivity index (χ4n) is 2.64. The Bertz CT molecular complexity index is 1130. The van der Waals surface area contributed by atoms with Crippen LogP contribution >= 0.6 is 0 Å². The van der Waals surface area contributed by atoms with Crippen LogP contribution in [0.2, 0.25) is 0 Å². The molecule has 136 valence electrons. The second kappa shape index (κ2) is 6.34. The van der Waals surface area contributed by atoms with Crippen LogP contribution in [-0.4, -0.2) is 42.5 Å². The van der Waals surface area contributed by atoms with Crippen molar-refractivity contribution in [2.75, 3.05) is 0 Å². The first kappa shape index (κ1) is 17.7. The molecule has 3 rings (SSSR count). The molecule has 0 fully saturated rings. The second-order valence-electron chi connectivity index (χ2n) is 5.71. The highest BCUT2D eigenvalue weighted by atomic mass is 16.4. The van der Waals surface area contributed by atoms with Gasteiger partial charge < -0.3 is 25.5 Å². The standard InChI is InChI=1S/C19H13NO7/c1-8(9-2-5-14(21)15(22)6-9)13-4-3-10-11(18(24)25)7-12(19(26)27)17(23)16(10)20-13/h2-7,21-23H,1H2,(H,24,25)(H,26,27). The molecule has 3 aromatic rings. The van der Waals surface area contributed by atoms with E-state index in [1.807, 2.05) is 0 Å². The first-order valence-corrected chi connectivity index (χ1v) is 7.55. The summed E-state index contributed by atoms with van der Waals surface area (Å²) in [5, 5.41) is 47.8. The van der Waals surface area contributed by atoms with Crippen molar-refractivity contribution < 1.29 is 35.1 Å². The number of aromatic nitrogens is 1. The Hall–Kier alpha value is -4.07. The van der Waals surface area contributed by atoms with Crippen molar-refractivity contribution in [3.8, 4) is 17.2 Å². The van der Waals surface area contributed by atoms with Gasteiger partial charge in [0, 0.05) is 11.0 Å². The number of carbonyl (C=O) groups is 2. The number of carboxylic acids is 2. The van der Waals surface area contributed by atoms with E-state index in [9.17, 15) is 35.1 Å². The predicted octanol–water partition coefficient (Wildman–Crippen LogP) is 2.81. The topological polar surface area (TPSA) is 148 Å². The van der Waals surface area contributed by atoms with Crippen molar-refractivity contribution in [3.63, 3.8) is 0 Å². The van der Waals surface area contributed by atoms with Crippen molar-refractivity contribution >= 4 is 28.4 Å². The number of carboxylic acid groups (broad SMARTS) is 2. The summed E-state index contributed by atoms with van der Waals surface area (Å²) in [4.78, 5) is 26.9. The Kier molecular flexibility index (Phi) is 4.17. The molecule has 0 saturated heterocycles. The molecule has 0 bridgehead atoms. The van der Waals surface area contributed by atoms with E-state index in [1.165, 1.54) is 30.3 Å². The van der Waals surface area contributed by atoms with Crippen LogP contribution in [0.1, 0.15) is 32.0 Å². The molecule has 1 heterocycles. The zero-order valence-electron chi connectivity index (χ0n) is 13.7. The molecule has 8 nitrogen and oxygen atoms in total. The molecule has 5 N–H and O–H groups in total. The third-order valence-corrected chi connectivity index (χ3v) is 4.05. The molecule has 8 heteroatoms. The lowest BCUT2D eigenvalue weighted by Gasteiger charge is -2.11. The Morgan fingerprint density at radius 2 is 1.52 bits per heavy atom. The molecule has 0 radical (unpaired) electrons. The quantitative estimate of drug-likeness (QED) is 0.442. The zero-order valence-corrected chi connectivity index (χ0v) is 13.7. The Balaban J connectivity index is 2.23. The first-order valence-electron chi connectivity index (χ1n) is 7.55. The summed E-state index contributed by atoms with van der Waals surface area (Å²) in [6, 6.07) is 7.73. The summed E-state index contributed by atoms with van der Waals surface area (Å²) in [7, 11) is 0. The maximum absolute atomic E-state index is 11.4. The van der Waals surface area contributed by atoms with Crippen molar-refractivity contribution in [2.24, 2.45) is 0 Å². The van der Waals surface area contributed by atoms with Crippen molar-refractivity contribution in [3.05, 3.63) is 65.4 Å². The lowest BCUT2D eigenvalue weighted by molar-refractivity contribution is 0.0693. The molecule has 0 aliphatic heterocycles. The van der Waals surface area contributed by atoms with Crippen LogP contribution in [0, 0.1) is 0 Å². The predicted molar refractivity (Wildman–Crippen MR) is 95.2 cm³/mol. The fourth-order valence-corrected chi connectivity index (χ4v) is 2.64. The summed E-state index contributed by atoms with van der Waals surface area (Å²) in [6.45, 7) is 3.85. The molecule has 0 aliphatic carbocycles. The molecular formula is C19H13NO7. The van der Waals surface area contributed by atoms with E-state index in [1.54, 1.807) is 0 Å². The van der Waals surface area contributed by atoms with Crippen LogP contribution < -0.4 is 0 Å². The summed E-state index contributed by atoms with van der Waals surface area (Å²) < 4.78 is 0. The maximum Gasteiger partial charge on any atom is 0.339 e. The number of phenolic OH excluding ortho intramolecular Hbond substituents is 2. The Morgan fingerprint density at radius 1 is 0.852 bits per heavy atom. The van der Waals surface area contributed by atoms with Gasteiger partial charge in [-0.25, -0.2) is 14.6 Å². The minimum atomic E-state index is -1.49. The molecule has 0 atom stereocenters. The third-order valence-electron chi connectivity index (χ3n) is 4.05. The minimum absolute atomic E-state index is 0.0649. The number of hydrogen-bond acceptors (Lipinski definition) is 6. The number of pyridine rings is 1. The highest BCUT2D eigenvalue weighted by molar-refractivity contribution is 6.09. The van der Waals surface area contributed by atoms with Gasteiger partial charge in [-0.2, -0.15) is 0 Å². The van der Waals surface area contributed by atoms with E-state index in [-0.39, 0.29) is 33.7 Å². The molecule has 27 heavy (non-hydrogen) atoms. The van der Waals surface area contributed by atoms with Gasteiger partial charge in [0.15, 0.2) is 17.2 Å². The smallest absolute Gasteiger partial charge is 0.339 e. The molecule has 2 aromatic carbocycles. The van der Waals surface area contributed by atoms with Gasteiger partial charge in [0.1, 0.15) is 11.1 Å². The number of phenols is 3. The van der Waals surface area contributed by atoms with Gasteiger partial charge in [0.05, 0.1) is 11.3 Å². The third kappa shape index (κ3) is 2.99. The van der Waals surface area contributed by atoms with Crippen LogP contribution in [0.15, 0.2) is 43.0 Å². The summed E-state index contributed by atoms with van der Waals surface area (Å²) in [6.07, 6.45) is 0. The Morgan fingerprint density at radius 3 is 2.11 bits per heavy atom. The number of benzene rings is 2. The summed E-state index contributed by atoms with van der Waals surface area (Å²) >= 11 is 0. The van der Waals surface area contributed by atoms with Crippen molar-refractivity contribution in [2.45, 2.75) is 0 Å². The van der Waals surface area contributed by atoms with Gasteiger partial charge in [-0.3, -0.25) is 0 Å². The van der Waals surface area contributed by atoms with Gasteiger partial charge in [-0.05, 0) is 35.9 Å². The largest absolute Gasteiger partial charge is 0.505 e. The minimum Gasteiger partial charge on any atom is -0.505 e. The number of hydrogen-bond donors (Lipinski definition) is 5. The lowest BCUT2D eigenvalue weighted by Crippen LogP contribution is -2.05. The Labute approximate surface area is 151 Å². The van der Waals surface area contributed by atoms with Crippen molar-refractivity contribution in [1.82, 2.24) is 4.98 Å². The molecule has 0 amide bonds. The van der Waals surface area contributed by atoms with Crippen LogP contribution in [0.4, 0.5) is 0 Å². The number of aromatic hydroxyl groups is 3. The number of rotatable bonds is 4. The molecule has 0 unspecified atom stereocenters. The zero-order chi connectivity index (χ0) is 19.9. The maximum atomic E-state index is 11.4. The molecule has 0 aliphatic rings. The summed E-state index contributed by atoms with van der Waals surface area (Å²) in [5.74, 6) is -4.19. The van der Waals surface area contributed by atoms with Gasteiger partial charge in [-0.15, -0.1) is 0 Å². The van der Waals surface area contributed by atoms with E-state index in [4.69, 9.17) is 0 Å². The number of aromatic carboxylic acids is 2. The normalized spacial score (nSPS) is 10.7. The van der Waals surface area contributed by atoms with Crippen molar-refractivity contribution in [1.29, 1.82) is 0 Å². The lowest BCUT2D eigenvalue weighted by atomic mass is 9.99. The van der Waals surface area contributed by atoms with Gasteiger partial charge >= 0.3 is 11.9 Å². The fraction of sp³-hybridized carbons (Fsp3) is 0. The van der Waals surface area contributed by atoms with E-state index < -0.39 is 23.3 Å². The van der Waals surface area contributed by atoms with E-state index >= 15 is 0 Å². The van der Waals surface area contributed by atoms with E-state index in [2.05, 4.69) is 11.6 Å². The summed E-state index contributed by atoms with van der Waals surface area (Å²) in [5.41, 5.74) is -0.144. The number of nitrogens with zero attached hydrogens (tertiary/aromatic N) is 1. The van der Waals surface area contributed by atoms with Gasteiger partial charge in [-0.1, -0.05) is 12.6 Å². The van der Waals surface area contributed by atoms with E-state index in [0.717, 1.165) is 6.07 Å². The number of fused-ring (bicyclic) bond motifs is 1.